The third-order valence-electron chi connectivity index (χ3n) is 4.51. The van der Waals surface area contributed by atoms with E-state index in [1.807, 2.05) is 13.8 Å². The molecule has 1 fully saturated rings. The molecule has 1 aliphatic rings. The quantitative estimate of drug-likeness (QED) is 0.382. The molecular formula is C19H27F5N4O. The summed E-state index contributed by atoms with van der Waals surface area (Å²) in [4.78, 5) is 5.81. The molecule has 5 nitrogen and oxygen atoms in total. The second-order valence-corrected chi connectivity index (χ2v) is 7.07. The number of aliphatic imine (C=N–C) groups is 1. The van der Waals surface area contributed by atoms with Gasteiger partial charge >= 0.3 is 12.8 Å². The molecule has 1 atom stereocenters. The van der Waals surface area contributed by atoms with Crippen molar-refractivity contribution in [3.63, 3.8) is 0 Å². The Morgan fingerprint density at radius 2 is 2.07 bits per heavy atom. The lowest BCUT2D eigenvalue weighted by Gasteiger charge is -2.19. The monoisotopic (exact) mass is 422 g/mol. The molecule has 29 heavy (non-hydrogen) atoms. The zero-order chi connectivity index (χ0) is 21.4. The fourth-order valence-electron chi connectivity index (χ4n) is 3.27. The van der Waals surface area contributed by atoms with Crippen molar-refractivity contribution in [3.8, 4) is 5.75 Å². The number of ether oxygens (including phenoxy) is 1. The standard InChI is InChI=1S/C19H27F5N4O/c1-3-25-18(26-9-14-6-7-28(11-14)12-19(22,23)24)27-10-15-8-13(2)4-5-16(15)29-17(20)21/h4-5,8,14,17H,3,6-7,9-12H2,1-2H3,(H2,25,26,27). The number of nitrogens with one attached hydrogen (secondary N) is 2. The van der Waals surface area contributed by atoms with Crippen molar-refractivity contribution < 1.29 is 26.7 Å². The molecule has 0 saturated carbocycles. The summed E-state index contributed by atoms with van der Waals surface area (Å²) in [5.74, 6) is 0.632. The molecule has 10 heteroatoms. The van der Waals surface area contributed by atoms with Crippen LogP contribution in [0, 0.1) is 12.8 Å². The zero-order valence-corrected chi connectivity index (χ0v) is 16.5. The summed E-state index contributed by atoms with van der Waals surface area (Å²) in [6.07, 6.45) is -3.52. The molecule has 0 spiro atoms. The van der Waals surface area contributed by atoms with Crippen LogP contribution in [-0.2, 0) is 6.54 Å². The van der Waals surface area contributed by atoms with Gasteiger partial charge in [0.05, 0.1) is 13.1 Å². The maximum Gasteiger partial charge on any atom is 0.401 e. The van der Waals surface area contributed by atoms with E-state index in [4.69, 9.17) is 0 Å². The molecule has 1 aromatic rings. The van der Waals surface area contributed by atoms with E-state index in [0.717, 1.165) is 5.56 Å². The number of likely N-dealkylation sites (tertiary alicyclic amines) is 1. The zero-order valence-electron chi connectivity index (χ0n) is 16.5. The second kappa shape index (κ2) is 10.6. The van der Waals surface area contributed by atoms with Crippen molar-refractivity contribution in [2.24, 2.45) is 10.9 Å². The highest BCUT2D eigenvalue weighted by Crippen LogP contribution is 2.24. The molecule has 1 unspecified atom stereocenters. The van der Waals surface area contributed by atoms with Gasteiger partial charge < -0.3 is 15.4 Å². The molecular weight excluding hydrogens is 395 g/mol. The molecule has 1 heterocycles. The maximum atomic E-state index is 12.6. The maximum absolute atomic E-state index is 12.6. The number of benzene rings is 1. The first-order chi connectivity index (χ1) is 13.7. The molecule has 164 valence electrons. The van der Waals surface area contributed by atoms with Gasteiger partial charge in [0.25, 0.3) is 0 Å². The molecule has 0 aromatic heterocycles. The Morgan fingerprint density at radius 3 is 2.72 bits per heavy atom. The summed E-state index contributed by atoms with van der Waals surface area (Å²) in [6.45, 7) is 1.90. The van der Waals surface area contributed by atoms with Crippen molar-refractivity contribution >= 4 is 5.96 Å². The number of hydrogen-bond donors (Lipinski definition) is 2. The van der Waals surface area contributed by atoms with E-state index in [0.29, 0.717) is 44.1 Å². The minimum Gasteiger partial charge on any atom is -0.434 e. The first kappa shape index (κ1) is 23.2. The molecule has 0 amide bonds. The van der Waals surface area contributed by atoms with Gasteiger partial charge in [0, 0.05) is 25.2 Å². The van der Waals surface area contributed by atoms with Crippen LogP contribution >= 0.6 is 0 Å². The number of hydrogen-bond acceptors (Lipinski definition) is 3. The molecule has 2 N–H and O–H groups in total. The van der Waals surface area contributed by atoms with Gasteiger partial charge in [-0.05, 0) is 38.8 Å². The number of alkyl halides is 5. The van der Waals surface area contributed by atoms with Gasteiger partial charge in [-0.1, -0.05) is 17.7 Å². The minimum atomic E-state index is -4.19. The van der Waals surface area contributed by atoms with Crippen LogP contribution in [0.1, 0.15) is 24.5 Å². The number of rotatable bonds is 8. The summed E-state index contributed by atoms with van der Waals surface area (Å²) in [5.41, 5.74) is 1.42. The van der Waals surface area contributed by atoms with Gasteiger partial charge in [-0.15, -0.1) is 0 Å². The van der Waals surface area contributed by atoms with Gasteiger partial charge in [-0.3, -0.25) is 4.90 Å². The van der Waals surface area contributed by atoms with Gasteiger partial charge in [-0.2, -0.15) is 22.0 Å². The topological polar surface area (TPSA) is 48.9 Å². The Hall–Kier alpha value is -2.10. The highest BCUT2D eigenvalue weighted by Gasteiger charge is 2.34. The van der Waals surface area contributed by atoms with Crippen molar-refractivity contribution in [1.82, 2.24) is 15.5 Å². The van der Waals surface area contributed by atoms with Gasteiger partial charge in [0.15, 0.2) is 5.96 Å². The van der Waals surface area contributed by atoms with Crippen LogP contribution in [0.25, 0.3) is 0 Å². The summed E-state index contributed by atoms with van der Waals surface area (Å²) in [7, 11) is 0. The average Bonchev–Trinajstić information content (AvgIpc) is 3.04. The Labute approximate surface area is 167 Å². The number of aryl methyl sites for hydroxylation is 1. The van der Waals surface area contributed by atoms with Crippen molar-refractivity contribution in [1.29, 1.82) is 0 Å². The van der Waals surface area contributed by atoms with Crippen molar-refractivity contribution in [2.45, 2.75) is 39.6 Å². The average molecular weight is 422 g/mol. The minimum absolute atomic E-state index is 0.0729. The third kappa shape index (κ3) is 8.43. The molecule has 1 aromatic carbocycles. The Kier molecular flexibility index (Phi) is 8.48. The lowest BCUT2D eigenvalue weighted by molar-refractivity contribution is -0.143. The van der Waals surface area contributed by atoms with E-state index in [-0.39, 0.29) is 18.2 Å². The smallest absolute Gasteiger partial charge is 0.401 e. The predicted molar refractivity (Wildman–Crippen MR) is 101 cm³/mol. The van der Waals surface area contributed by atoms with E-state index in [1.165, 1.54) is 11.0 Å². The number of halogens is 5. The Balaban J connectivity index is 1.94. The Morgan fingerprint density at radius 1 is 1.31 bits per heavy atom. The fourth-order valence-corrected chi connectivity index (χ4v) is 3.27. The first-order valence-electron chi connectivity index (χ1n) is 9.52. The molecule has 1 aliphatic heterocycles. The normalized spacial score (nSPS) is 18.3. The van der Waals surface area contributed by atoms with Crippen molar-refractivity contribution in [2.75, 3.05) is 32.7 Å². The highest BCUT2D eigenvalue weighted by molar-refractivity contribution is 5.79. The van der Waals surface area contributed by atoms with Gasteiger partial charge in [0.1, 0.15) is 5.75 Å². The lowest BCUT2D eigenvalue weighted by Crippen LogP contribution is -2.40. The summed E-state index contributed by atoms with van der Waals surface area (Å²) in [6, 6.07) is 4.90. The van der Waals surface area contributed by atoms with Crippen LogP contribution in [0.2, 0.25) is 0 Å². The lowest BCUT2D eigenvalue weighted by atomic mass is 10.1. The fraction of sp³-hybridized carbons (Fsp3) is 0.632. The van der Waals surface area contributed by atoms with E-state index >= 15 is 0 Å². The number of nitrogens with zero attached hydrogens (tertiary/aromatic N) is 2. The molecule has 0 radical (unpaired) electrons. The largest absolute Gasteiger partial charge is 0.434 e. The van der Waals surface area contributed by atoms with Crippen LogP contribution in [0.4, 0.5) is 22.0 Å². The van der Waals surface area contributed by atoms with E-state index < -0.39 is 19.3 Å². The first-order valence-corrected chi connectivity index (χ1v) is 9.52. The van der Waals surface area contributed by atoms with Gasteiger partial charge in [0.2, 0.25) is 0 Å². The second-order valence-electron chi connectivity index (χ2n) is 7.07. The van der Waals surface area contributed by atoms with Crippen LogP contribution in [0.3, 0.4) is 0 Å². The van der Waals surface area contributed by atoms with E-state index in [2.05, 4.69) is 20.4 Å². The molecule has 0 aliphatic carbocycles. The highest BCUT2D eigenvalue weighted by atomic mass is 19.4. The number of guanidine groups is 1. The SMILES string of the molecule is CCNC(=NCc1cc(C)ccc1OC(F)F)NCC1CCN(CC(F)(F)F)C1. The molecule has 0 bridgehead atoms. The molecule has 1 saturated heterocycles. The summed E-state index contributed by atoms with van der Waals surface area (Å²) >= 11 is 0. The third-order valence-corrected chi connectivity index (χ3v) is 4.51. The Bertz CT molecular complexity index is 681. The van der Waals surface area contributed by atoms with Crippen LogP contribution < -0.4 is 15.4 Å². The van der Waals surface area contributed by atoms with Crippen LogP contribution in [0.15, 0.2) is 23.2 Å². The summed E-state index contributed by atoms with van der Waals surface area (Å²) in [5, 5.41) is 6.19. The van der Waals surface area contributed by atoms with Crippen LogP contribution in [0.5, 0.6) is 5.75 Å². The van der Waals surface area contributed by atoms with Crippen molar-refractivity contribution in [3.05, 3.63) is 29.3 Å². The van der Waals surface area contributed by atoms with E-state index in [1.54, 1.807) is 12.1 Å². The van der Waals surface area contributed by atoms with Crippen LogP contribution in [-0.4, -0.2) is 56.4 Å². The van der Waals surface area contributed by atoms with E-state index in [9.17, 15) is 22.0 Å². The summed E-state index contributed by atoms with van der Waals surface area (Å²) < 4.78 is 67.2. The van der Waals surface area contributed by atoms with Gasteiger partial charge in [-0.25, -0.2) is 4.99 Å². The predicted octanol–water partition coefficient (Wildman–Crippen LogP) is 3.54. The molecule has 2 rings (SSSR count).